The number of aliphatic hydroxyl groups is 1. The lowest BCUT2D eigenvalue weighted by molar-refractivity contribution is -0.177. The van der Waals surface area contributed by atoms with E-state index in [9.17, 15) is 5.11 Å². The number of amides is 4. The smallest absolute Gasteiger partial charge is 0.329 e. The lowest BCUT2D eigenvalue weighted by Crippen LogP contribution is -2.55. The quantitative estimate of drug-likeness (QED) is 0.0841. The van der Waals surface area contributed by atoms with Gasteiger partial charge in [-0.25, -0.2) is 14.7 Å². The second kappa shape index (κ2) is 20.1. The minimum atomic E-state index is -2.08. The molecular weight excluding hydrogens is 951 g/mol. The van der Waals surface area contributed by atoms with E-state index in [0.717, 1.165) is 20.7 Å². The zero-order valence-corrected chi connectivity index (χ0v) is 41.1. The van der Waals surface area contributed by atoms with Gasteiger partial charge in [0.05, 0.1) is 53.7 Å². The zero-order valence-electron chi connectivity index (χ0n) is 40.3. The number of aromatic nitrogens is 1. The number of fused-ring (bicyclic) bond motifs is 4. The van der Waals surface area contributed by atoms with Crippen LogP contribution >= 0.6 is 11.3 Å². The van der Waals surface area contributed by atoms with Crippen LogP contribution in [0.2, 0.25) is 0 Å². The lowest BCUT2D eigenvalue weighted by Gasteiger charge is -2.46. The third kappa shape index (κ3) is 8.50. The van der Waals surface area contributed by atoms with Gasteiger partial charge in [-0.3, -0.25) is 19.3 Å². The maximum absolute atomic E-state index is 16.9. The van der Waals surface area contributed by atoms with Gasteiger partial charge in [0.1, 0.15) is 35.7 Å². The first-order valence-electron chi connectivity index (χ1n) is 24.3. The first kappa shape index (κ1) is 47.7. The summed E-state index contributed by atoms with van der Waals surface area (Å²) in [4.78, 5) is 71.8. The predicted molar refractivity (Wildman–Crippen MR) is 282 cm³/mol. The van der Waals surface area contributed by atoms with Crippen LogP contribution in [0.15, 0.2) is 182 Å². The van der Waals surface area contributed by atoms with Crippen molar-refractivity contribution in [3.05, 3.63) is 221 Å². The summed E-state index contributed by atoms with van der Waals surface area (Å²) in [5.41, 5.74) is 2.98. The van der Waals surface area contributed by atoms with Crippen molar-refractivity contribution < 1.29 is 38.5 Å². The van der Waals surface area contributed by atoms with E-state index in [1.165, 1.54) is 11.3 Å². The number of imide groups is 1. The number of aliphatic hydroxyl groups excluding tert-OH is 1. The van der Waals surface area contributed by atoms with Crippen LogP contribution in [0.4, 0.5) is 15.6 Å². The van der Waals surface area contributed by atoms with E-state index in [1.54, 1.807) is 43.5 Å². The molecule has 74 heavy (non-hydrogen) atoms. The molecule has 0 radical (unpaired) electrons. The summed E-state index contributed by atoms with van der Waals surface area (Å²) in [6.07, 6.45) is -0.939. The summed E-state index contributed by atoms with van der Waals surface area (Å²) >= 11 is 1.26. The van der Waals surface area contributed by atoms with Crippen molar-refractivity contribution >= 4 is 56.2 Å². The Hall–Kier alpha value is -8.61. The monoisotopic (exact) mass is 999 g/mol. The van der Waals surface area contributed by atoms with E-state index in [4.69, 9.17) is 19.2 Å². The van der Waals surface area contributed by atoms with E-state index in [2.05, 4.69) is 22.5 Å². The third-order valence-corrected chi connectivity index (χ3v) is 15.0. The van der Waals surface area contributed by atoms with Crippen LogP contribution in [0.3, 0.4) is 0 Å². The van der Waals surface area contributed by atoms with Crippen molar-refractivity contribution in [2.45, 2.75) is 42.6 Å². The Labute approximate surface area is 431 Å². The number of cyclic esters (lactones) is 1. The molecule has 4 amide bonds. The fourth-order valence-corrected chi connectivity index (χ4v) is 11.8. The number of nitrogens with one attached hydrogen (secondary N) is 2. The first-order chi connectivity index (χ1) is 36.2. The molecule has 2 saturated heterocycles. The topological polar surface area (TPSA) is 160 Å². The van der Waals surface area contributed by atoms with Crippen LogP contribution in [0.1, 0.15) is 70.1 Å². The van der Waals surface area contributed by atoms with Crippen LogP contribution in [0, 0.1) is 17.8 Å². The number of ether oxygens (including phenoxy) is 3. The third-order valence-electron chi connectivity index (χ3n) is 14.1. The Morgan fingerprint density at radius 1 is 0.757 bits per heavy atom. The van der Waals surface area contributed by atoms with Gasteiger partial charge in [0.2, 0.25) is 11.8 Å². The molecule has 13 nitrogen and oxygen atoms in total. The normalized spacial score (nSPS) is 21.2. The molecule has 0 bridgehead atoms. The number of thiazole rings is 1. The second-order valence-electron chi connectivity index (χ2n) is 18.3. The number of carbonyl (C=O) groups is 4. The van der Waals surface area contributed by atoms with E-state index >= 15 is 19.2 Å². The molecule has 7 unspecified atom stereocenters. The molecule has 8 aromatic rings. The molecule has 368 valence electrons. The van der Waals surface area contributed by atoms with Crippen molar-refractivity contribution in [2.75, 3.05) is 30.5 Å². The molecule has 1 aromatic heterocycles. The van der Waals surface area contributed by atoms with Gasteiger partial charge >= 0.3 is 12.0 Å². The van der Waals surface area contributed by atoms with Gasteiger partial charge in [0.25, 0.3) is 0 Å². The molecule has 3 N–H and O–H groups in total. The molecule has 3 aliphatic heterocycles. The number of methoxy groups -OCH3 is 1. The summed E-state index contributed by atoms with van der Waals surface area (Å²) in [5.74, 6) is 3.81. The van der Waals surface area contributed by atoms with E-state index in [-0.39, 0.29) is 24.0 Å². The fourth-order valence-electron chi connectivity index (χ4n) is 10.9. The van der Waals surface area contributed by atoms with Crippen molar-refractivity contribution in [1.82, 2.24) is 15.2 Å². The number of benzene rings is 7. The van der Waals surface area contributed by atoms with E-state index in [0.29, 0.717) is 44.8 Å². The number of para-hydroxylation sites is 1. The highest BCUT2D eigenvalue weighted by atomic mass is 32.1. The summed E-state index contributed by atoms with van der Waals surface area (Å²) in [6, 6.07) is 50.7. The highest BCUT2D eigenvalue weighted by Gasteiger charge is 2.75. The van der Waals surface area contributed by atoms with Gasteiger partial charge in [-0.05, 0) is 101 Å². The number of carbonyl (C=O) groups excluding carboxylic acids is 4. The highest BCUT2D eigenvalue weighted by Crippen LogP contribution is 2.66. The second-order valence-corrected chi connectivity index (χ2v) is 19.3. The fraction of sp³-hybridized carbons (Fsp3) is 0.183. The number of rotatable bonds is 11. The molecular formula is C60H49N5O8S. The number of esters is 1. The maximum atomic E-state index is 16.9. The molecule has 7 atom stereocenters. The molecule has 3 aliphatic rings. The van der Waals surface area contributed by atoms with Gasteiger partial charge in [0, 0.05) is 11.1 Å². The Balaban J connectivity index is 1.20. The molecule has 11 rings (SSSR count). The number of hydrogen-bond acceptors (Lipinski definition) is 11. The number of urea groups is 1. The Morgan fingerprint density at radius 2 is 1.42 bits per heavy atom. The standard InChI is InChI=1S/C60H49N5O8S/c1-37(40-15-6-3-7-16-40)61-59(70)64-48-32-29-39(26-25-38-27-30-44(71-2)31-28-38)35-46(48)60(57(64)69)50(55(67)63-58-62-47-23-12-13-24-49(47)74-58)52-56(68)73-53(42-19-10-5-11-20-42)51(41-17-8-4-9-18-41)65(52)54(60)43-21-14-22-45(36-43)72-34-33-66/h3-24,27-32,35-37,50-54,66H,33-34H2,1-2H3,(H,61,70)(H,62,63,67). The number of anilines is 2. The Bertz CT molecular complexity index is 3440. The average Bonchev–Trinajstić information content (AvgIpc) is 4.08. The molecule has 4 heterocycles. The van der Waals surface area contributed by atoms with Gasteiger partial charge < -0.3 is 30.0 Å². The number of morpholine rings is 1. The van der Waals surface area contributed by atoms with Crippen LogP contribution in [0.5, 0.6) is 11.5 Å². The van der Waals surface area contributed by atoms with Gasteiger partial charge in [-0.15, -0.1) is 0 Å². The Kier molecular flexibility index (Phi) is 13.0. The minimum Gasteiger partial charge on any atom is -0.497 e. The van der Waals surface area contributed by atoms with Crippen LogP contribution < -0.4 is 25.0 Å². The molecule has 1 spiro atoms. The largest absolute Gasteiger partial charge is 0.497 e. The van der Waals surface area contributed by atoms with Crippen molar-refractivity contribution in [1.29, 1.82) is 0 Å². The zero-order chi connectivity index (χ0) is 50.9. The van der Waals surface area contributed by atoms with Gasteiger partial charge in [-0.2, -0.15) is 0 Å². The van der Waals surface area contributed by atoms with Crippen LogP contribution in [-0.2, 0) is 24.5 Å². The average molecular weight is 1000 g/mol. The molecule has 14 heteroatoms. The number of nitrogens with zero attached hydrogens (tertiary/aromatic N) is 3. The number of hydrogen-bond donors (Lipinski definition) is 3. The molecule has 0 saturated carbocycles. The van der Waals surface area contributed by atoms with Gasteiger partial charge in [-0.1, -0.05) is 138 Å². The molecule has 2 fully saturated rings. The van der Waals surface area contributed by atoms with E-state index < -0.39 is 65.4 Å². The molecule has 0 aliphatic carbocycles. The maximum Gasteiger partial charge on any atom is 0.329 e. The lowest BCUT2D eigenvalue weighted by atomic mass is 9.65. The van der Waals surface area contributed by atoms with Crippen LogP contribution in [-0.4, -0.2) is 65.2 Å². The highest BCUT2D eigenvalue weighted by molar-refractivity contribution is 7.22. The van der Waals surface area contributed by atoms with Gasteiger partial charge in [0.15, 0.2) is 5.13 Å². The molecule has 7 aromatic carbocycles. The SMILES string of the molecule is COc1ccc(C#Cc2ccc3c(c2)C2(C(=O)N3C(=O)NC(C)c3ccccc3)C(C(=O)Nc3nc4ccccc4s3)C3C(=O)OC(c4ccccc4)C(c4ccccc4)N3C2c2cccc(OCCO)c2)cc1. The summed E-state index contributed by atoms with van der Waals surface area (Å²) in [5, 5.41) is 16.3. The van der Waals surface area contributed by atoms with Crippen molar-refractivity contribution in [3.8, 4) is 23.3 Å². The summed E-state index contributed by atoms with van der Waals surface area (Å²) < 4.78 is 18.9. The summed E-state index contributed by atoms with van der Waals surface area (Å²) in [7, 11) is 1.59. The van der Waals surface area contributed by atoms with Crippen LogP contribution in [0.25, 0.3) is 10.2 Å². The minimum absolute atomic E-state index is 0.0284. The van der Waals surface area contributed by atoms with Crippen molar-refractivity contribution in [2.24, 2.45) is 5.92 Å². The van der Waals surface area contributed by atoms with Crippen molar-refractivity contribution in [3.63, 3.8) is 0 Å². The van der Waals surface area contributed by atoms with E-state index in [1.807, 2.05) is 157 Å². The first-order valence-corrected chi connectivity index (χ1v) is 25.1. The predicted octanol–water partition coefficient (Wildman–Crippen LogP) is 9.85. The summed E-state index contributed by atoms with van der Waals surface area (Å²) in [6.45, 7) is 1.54. The Morgan fingerprint density at radius 3 is 2.14 bits per heavy atom.